The molecule has 0 saturated carbocycles. The van der Waals surface area contributed by atoms with Gasteiger partial charge in [0.1, 0.15) is 0 Å². The second-order valence-corrected chi connectivity index (χ2v) is 5.53. The second kappa shape index (κ2) is 8.20. The number of hydrogen-bond donors (Lipinski definition) is 0. The zero-order valence-electron chi connectivity index (χ0n) is 14.4. The van der Waals surface area contributed by atoms with Crippen LogP contribution in [0.15, 0.2) is 54.6 Å². The molecule has 0 saturated heterocycles. The van der Waals surface area contributed by atoms with Crippen LogP contribution in [0, 0.1) is 0 Å². The van der Waals surface area contributed by atoms with Gasteiger partial charge in [0.05, 0.1) is 0 Å². The number of ether oxygens (including phenoxy) is 3. The van der Waals surface area contributed by atoms with Crippen molar-refractivity contribution in [2.75, 3.05) is 24.8 Å². The van der Waals surface area contributed by atoms with E-state index in [4.69, 9.17) is 14.2 Å². The lowest BCUT2D eigenvalue weighted by Gasteiger charge is -2.20. The van der Waals surface area contributed by atoms with Crippen molar-refractivity contribution in [1.29, 1.82) is 0 Å². The molecular formula is C20H19NO5. The van der Waals surface area contributed by atoms with Gasteiger partial charge in [-0.25, -0.2) is 4.79 Å². The lowest BCUT2D eigenvalue weighted by molar-refractivity contribution is -0.142. The van der Waals surface area contributed by atoms with Crippen LogP contribution in [0.2, 0.25) is 0 Å². The SMILES string of the molecule is CCN(C(=O)COC(=O)/C=C/c1ccc2c(c1)OCO2)c1ccccc1. The lowest BCUT2D eigenvalue weighted by atomic mass is 10.2. The highest BCUT2D eigenvalue weighted by Gasteiger charge is 2.15. The van der Waals surface area contributed by atoms with Crippen LogP contribution in [-0.2, 0) is 14.3 Å². The number of para-hydroxylation sites is 1. The van der Waals surface area contributed by atoms with Crippen molar-refractivity contribution >= 4 is 23.6 Å². The van der Waals surface area contributed by atoms with Gasteiger partial charge in [0, 0.05) is 18.3 Å². The van der Waals surface area contributed by atoms with Crippen LogP contribution < -0.4 is 14.4 Å². The molecule has 1 aliphatic heterocycles. The summed E-state index contributed by atoms with van der Waals surface area (Å²) in [6, 6.07) is 14.6. The molecule has 2 aromatic rings. The number of esters is 1. The Labute approximate surface area is 151 Å². The summed E-state index contributed by atoms with van der Waals surface area (Å²) >= 11 is 0. The zero-order valence-corrected chi connectivity index (χ0v) is 14.4. The molecule has 0 bridgehead atoms. The van der Waals surface area contributed by atoms with Crippen molar-refractivity contribution < 1.29 is 23.8 Å². The molecule has 134 valence electrons. The van der Waals surface area contributed by atoms with Gasteiger partial charge < -0.3 is 19.1 Å². The third-order valence-electron chi connectivity index (χ3n) is 3.83. The van der Waals surface area contributed by atoms with Gasteiger partial charge >= 0.3 is 5.97 Å². The van der Waals surface area contributed by atoms with Crippen LogP contribution in [-0.4, -0.2) is 31.8 Å². The van der Waals surface area contributed by atoms with Crippen LogP contribution in [0.25, 0.3) is 6.08 Å². The molecule has 0 aliphatic carbocycles. The standard InChI is InChI=1S/C20H19NO5/c1-2-21(16-6-4-3-5-7-16)19(22)13-24-20(23)11-9-15-8-10-17-18(12-15)26-14-25-17/h3-12H,2,13-14H2,1H3/b11-9+. The first kappa shape index (κ1) is 17.5. The number of benzene rings is 2. The summed E-state index contributed by atoms with van der Waals surface area (Å²) in [4.78, 5) is 25.7. The van der Waals surface area contributed by atoms with E-state index in [1.165, 1.54) is 6.08 Å². The van der Waals surface area contributed by atoms with Crippen molar-refractivity contribution in [2.24, 2.45) is 0 Å². The lowest BCUT2D eigenvalue weighted by Crippen LogP contribution is -2.34. The molecule has 6 heteroatoms. The maximum atomic E-state index is 12.3. The minimum atomic E-state index is -0.583. The molecule has 0 atom stereocenters. The van der Waals surface area contributed by atoms with Gasteiger partial charge in [0.2, 0.25) is 6.79 Å². The summed E-state index contributed by atoms with van der Waals surface area (Å²) in [7, 11) is 0. The minimum absolute atomic E-state index is 0.196. The molecule has 1 amide bonds. The van der Waals surface area contributed by atoms with Crippen LogP contribution in [0.5, 0.6) is 11.5 Å². The number of rotatable bonds is 6. The third kappa shape index (κ3) is 4.22. The van der Waals surface area contributed by atoms with Crippen molar-refractivity contribution in [3.8, 4) is 11.5 Å². The van der Waals surface area contributed by atoms with Crippen LogP contribution in [0.1, 0.15) is 12.5 Å². The molecule has 2 aromatic carbocycles. The van der Waals surface area contributed by atoms with E-state index in [0.29, 0.717) is 18.0 Å². The minimum Gasteiger partial charge on any atom is -0.454 e. The number of fused-ring (bicyclic) bond motifs is 1. The van der Waals surface area contributed by atoms with E-state index in [1.807, 2.05) is 37.3 Å². The molecule has 0 unspecified atom stereocenters. The molecule has 6 nitrogen and oxygen atoms in total. The number of carbonyl (C=O) groups excluding carboxylic acids is 2. The number of amides is 1. The second-order valence-electron chi connectivity index (χ2n) is 5.53. The maximum Gasteiger partial charge on any atom is 0.331 e. The van der Waals surface area contributed by atoms with Gasteiger partial charge in [-0.2, -0.15) is 0 Å². The molecule has 3 rings (SSSR count). The Morgan fingerprint density at radius 2 is 1.88 bits per heavy atom. The number of carbonyl (C=O) groups is 2. The van der Waals surface area contributed by atoms with Gasteiger partial charge in [-0.1, -0.05) is 24.3 Å². The van der Waals surface area contributed by atoms with Crippen LogP contribution in [0.4, 0.5) is 5.69 Å². The molecule has 26 heavy (non-hydrogen) atoms. The summed E-state index contributed by atoms with van der Waals surface area (Å²) in [5.74, 6) is 0.455. The zero-order chi connectivity index (χ0) is 18.4. The first-order valence-corrected chi connectivity index (χ1v) is 8.27. The molecule has 0 fully saturated rings. The predicted octanol–water partition coefficient (Wildman–Crippen LogP) is 3.02. The van der Waals surface area contributed by atoms with E-state index in [2.05, 4.69) is 0 Å². The van der Waals surface area contributed by atoms with E-state index in [0.717, 1.165) is 11.3 Å². The Bertz CT molecular complexity index is 816. The first-order chi connectivity index (χ1) is 12.7. The number of anilines is 1. The molecule has 0 spiro atoms. The summed E-state index contributed by atoms with van der Waals surface area (Å²) in [6.45, 7) is 2.24. The maximum absolute atomic E-state index is 12.3. The van der Waals surface area contributed by atoms with E-state index in [-0.39, 0.29) is 19.3 Å². The predicted molar refractivity (Wildman–Crippen MR) is 97.0 cm³/mol. The fraction of sp³-hybridized carbons (Fsp3) is 0.200. The highest BCUT2D eigenvalue weighted by molar-refractivity contribution is 5.96. The summed E-state index contributed by atoms with van der Waals surface area (Å²) < 4.78 is 15.6. The van der Waals surface area contributed by atoms with Crippen LogP contribution in [0.3, 0.4) is 0 Å². The van der Waals surface area contributed by atoms with Gasteiger partial charge in [0.25, 0.3) is 5.91 Å². The fourth-order valence-electron chi connectivity index (χ4n) is 2.55. The van der Waals surface area contributed by atoms with Gasteiger partial charge in [-0.3, -0.25) is 4.79 Å². The Morgan fingerprint density at radius 3 is 2.65 bits per heavy atom. The average Bonchev–Trinajstić information content (AvgIpc) is 3.14. The quantitative estimate of drug-likeness (QED) is 0.590. The van der Waals surface area contributed by atoms with E-state index in [9.17, 15) is 9.59 Å². The molecule has 1 heterocycles. The van der Waals surface area contributed by atoms with Crippen molar-refractivity contribution in [1.82, 2.24) is 0 Å². The average molecular weight is 353 g/mol. The van der Waals surface area contributed by atoms with Crippen molar-refractivity contribution in [2.45, 2.75) is 6.92 Å². The highest BCUT2D eigenvalue weighted by Crippen LogP contribution is 2.32. The molecule has 1 aliphatic rings. The summed E-state index contributed by atoms with van der Waals surface area (Å²) in [6.07, 6.45) is 2.88. The molecule has 0 radical (unpaired) electrons. The van der Waals surface area contributed by atoms with Crippen molar-refractivity contribution in [3.63, 3.8) is 0 Å². The largest absolute Gasteiger partial charge is 0.454 e. The van der Waals surface area contributed by atoms with E-state index >= 15 is 0 Å². The monoisotopic (exact) mass is 353 g/mol. The smallest absolute Gasteiger partial charge is 0.331 e. The Kier molecular flexibility index (Phi) is 5.53. The topological polar surface area (TPSA) is 65.1 Å². The van der Waals surface area contributed by atoms with Gasteiger partial charge in [-0.15, -0.1) is 0 Å². The summed E-state index contributed by atoms with van der Waals surface area (Å²) in [5.41, 5.74) is 1.55. The number of nitrogens with zero attached hydrogens (tertiary/aromatic N) is 1. The van der Waals surface area contributed by atoms with Crippen LogP contribution >= 0.6 is 0 Å². The molecule has 0 N–H and O–H groups in total. The normalized spacial score (nSPS) is 12.2. The molecule has 0 aromatic heterocycles. The molecular weight excluding hydrogens is 334 g/mol. The number of hydrogen-bond acceptors (Lipinski definition) is 5. The Morgan fingerprint density at radius 1 is 1.12 bits per heavy atom. The fourth-order valence-corrected chi connectivity index (χ4v) is 2.55. The Hall–Kier alpha value is -3.28. The van der Waals surface area contributed by atoms with E-state index in [1.54, 1.807) is 29.2 Å². The third-order valence-corrected chi connectivity index (χ3v) is 3.83. The Balaban J connectivity index is 1.54. The van der Waals surface area contributed by atoms with Crippen molar-refractivity contribution in [3.05, 3.63) is 60.2 Å². The van der Waals surface area contributed by atoms with Gasteiger partial charge in [-0.05, 0) is 42.8 Å². The highest BCUT2D eigenvalue weighted by atomic mass is 16.7. The number of likely N-dealkylation sites (N-methyl/N-ethyl adjacent to an activating group) is 1. The first-order valence-electron chi connectivity index (χ1n) is 8.27. The van der Waals surface area contributed by atoms with E-state index < -0.39 is 5.97 Å². The summed E-state index contributed by atoms with van der Waals surface area (Å²) in [5, 5.41) is 0. The van der Waals surface area contributed by atoms with Gasteiger partial charge in [0.15, 0.2) is 18.1 Å².